The number of anilines is 1. The van der Waals surface area contributed by atoms with Crippen LogP contribution < -0.4 is 11.1 Å². The van der Waals surface area contributed by atoms with Crippen LogP contribution in [0.2, 0.25) is 0 Å². The van der Waals surface area contributed by atoms with Gasteiger partial charge in [-0.2, -0.15) is 0 Å². The van der Waals surface area contributed by atoms with Gasteiger partial charge in [-0.25, -0.2) is 0 Å². The zero-order valence-corrected chi connectivity index (χ0v) is 12.4. The van der Waals surface area contributed by atoms with Crippen molar-refractivity contribution in [1.29, 1.82) is 0 Å². The van der Waals surface area contributed by atoms with Crippen LogP contribution in [0.4, 0.5) is 5.69 Å². The van der Waals surface area contributed by atoms with Crippen LogP contribution in [0.25, 0.3) is 0 Å². The second-order valence-corrected chi connectivity index (χ2v) is 5.52. The molecule has 0 heterocycles. The fourth-order valence-corrected chi connectivity index (χ4v) is 2.04. The maximum Gasteiger partial charge on any atom is 0.235 e. The van der Waals surface area contributed by atoms with E-state index in [2.05, 4.69) is 24.3 Å². The minimum atomic E-state index is -0.650. The highest BCUT2D eigenvalue weighted by atomic mass is 16.4. The standard InChI is InChI=1S/C15H23N3O2/c1-9(2)11-6-5-7-12(8-11)17-15(19)13(10(3)4)14(16)18-20/h5-10,13,20H,1-4H3,(H2,16,18)(H,17,19). The van der Waals surface area contributed by atoms with E-state index in [-0.39, 0.29) is 17.7 Å². The molecule has 4 N–H and O–H groups in total. The normalized spacial score (nSPS) is 13.6. The zero-order chi connectivity index (χ0) is 15.3. The molecule has 110 valence electrons. The maximum absolute atomic E-state index is 12.3. The van der Waals surface area contributed by atoms with Gasteiger partial charge in [0.25, 0.3) is 0 Å². The fraction of sp³-hybridized carbons (Fsp3) is 0.467. The summed E-state index contributed by atoms with van der Waals surface area (Å²) in [6.45, 7) is 7.89. The first-order valence-electron chi connectivity index (χ1n) is 6.75. The van der Waals surface area contributed by atoms with E-state index in [1.54, 1.807) is 0 Å². The molecule has 1 aromatic carbocycles. The van der Waals surface area contributed by atoms with Crippen molar-refractivity contribution in [2.75, 3.05) is 5.32 Å². The van der Waals surface area contributed by atoms with Crippen molar-refractivity contribution >= 4 is 17.4 Å². The minimum Gasteiger partial charge on any atom is -0.409 e. The monoisotopic (exact) mass is 277 g/mol. The highest BCUT2D eigenvalue weighted by Gasteiger charge is 2.26. The van der Waals surface area contributed by atoms with Gasteiger partial charge in [-0.3, -0.25) is 4.79 Å². The van der Waals surface area contributed by atoms with Gasteiger partial charge in [-0.1, -0.05) is 45.0 Å². The lowest BCUT2D eigenvalue weighted by Gasteiger charge is -2.19. The first-order chi connectivity index (χ1) is 9.36. The minimum absolute atomic E-state index is 0.0563. The summed E-state index contributed by atoms with van der Waals surface area (Å²) in [4.78, 5) is 12.3. The molecule has 0 radical (unpaired) electrons. The number of amides is 1. The first kappa shape index (κ1) is 16.0. The lowest BCUT2D eigenvalue weighted by molar-refractivity contribution is -0.119. The van der Waals surface area contributed by atoms with Gasteiger partial charge < -0.3 is 16.3 Å². The predicted octanol–water partition coefficient (Wildman–Crippen LogP) is 2.77. The number of rotatable bonds is 5. The summed E-state index contributed by atoms with van der Waals surface area (Å²) in [5, 5.41) is 14.5. The third kappa shape index (κ3) is 3.98. The van der Waals surface area contributed by atoms with Crippen LogP contribution in [-0.2, 0) is 4.79 Å². The molecular formula is C15H23N3O2. The molecule has 1 unspecified atom stereocenters. The van der Waals surface area contributed by atoms with E-state index in [9.17, 15) is 4.79 Å². The summed E-state index contributed by atoms with van der Waals surface area (Å²) < 4.78 is 0. The topological polar surface area (TPSA) is 87.7 Å². The SMILES string of the molecule is CC(C)c1cccc(NC(=O)C(C(N)=NO)C(C)C)c1. The molecule has 0 fully saturated rings. The Morgan fingerprint density at radius 1 is 1.30 bits per heavy atom. The summed E-state index contributed by atoms with van der Waals surface area (Å²) >= 11 is 0. The third-order valence-corrected chi connectivity index (χ3v) is 3.20. The molecule has 1 rings (SSSR count). The van der Waals surface area contributed by atoms with E-state index in [4.69, 9.17) is 10.9 Å². The summed E-state index contributed by atoms with van der Waals surface area (Å²) in [6.07, 6.45) is 0. The molecule has 0 aliphatic carbocycles. The van der Waals surface area contributed by atoms with Gasteiger partial charge in [0.05, 0.1) is 0 Å². The van der Waals surface area contributed by atoms with E-state index >= 15 is 0 Å². The van der Waals surface area contributed by atoms with Gasteiger partial charge in [-0.05, 0) is 29.5 Å². The van der Waals surface area contributed by atoms with Crippen LogP contribution in [0.3, 0.4) is 0 Å². The van der Waals surface area contributed by atoms with Crippen LogP contribution in [-0.4, -0.2) is 17.0 Å². The quantitative estimate of drug-likeness (QED) is 0.335. The van der Waals surface area contributed by atoms with Crippen molar-refractivity contribution in [2.45, 2.75) is 33.6 Å². The molecule has 5 nitrogen and oxygen atoms in total. The predicted molar refractivity (Wildman–Crippen MR) is 80.9 cm³/mol. The summed E-state index contributed by atoms with van der Waals surface area (Å²) in [5.74, 6) is -0.660. The lowest BCUT2D eigenvalue weighted by atomic mass is 9.93. The molecule has 5 heteroatoms. The molecular weight excluding hydrogens is 254 g/mol. The van der Waals surface area contributed by atoms with Crippen molar-refractivity contribution in [1.82, 2.24) is 0 Å². The van der Waals surface area contributed by atoms with Crippen LogP contribution in [0, 0.1) is 11.8 Å². The zero-order valence-electron chi connectivity index (χ0n) is 12.4. The van der Waals surface area contributed by atoms with Gasteiger partial charge in [0.1, 0.15) is 5.92 Å². The highest BCUT2D eigenvalue weighted by Crippen LogP contribution is 2.20. The summed E-state index contributed by atoms with van der Waals surface area (Å²) in [6, 6.07) is 7.68. The number of carbonyl (C=O) groups excluding carboxylic acids is 1. The van der Waals surface area contributed by atoms with Crippen LogP contribution >= 0.6 is 0 Å². The number of oxime groups is 1. The van der Waals surface area contributed by atoms with Crippen LogP contribution in [0.1, 0.15) is 39.2 Å². The van der Waals surface area contributed by atoms with E-state index in [1.807, 2.05) is 38.1 Å². The smallest absolute Gasteiger partial charge is 0.235 e. The molecule has 0 aromatic heterocycles. The largest absolute Gasteiger partial charge is 0.409 e. The van der Waals surface area contributed by atoms with Crippen molar-refractivity contribution in [3.05, 3.63) is 29.8 Å². The molecule has 1 aromatic rings. The third-order valence-electron chi connectivity index (χ3n) is 3.20. The van der Waals surface area contributed by atoms with E-state index in [1.165, 1.54) is 0 Å². The number of hydrogen-bond acceptors (Lipinski definition) is 3. The second kappa shape index (κ2) is 6.93. The number of benzene rings is 1. The number of nitrogens with zero attached hydrogens (tertiary/aromatic N) is 1. The second-order valence-electron chi connectivity index (χ2n) is 5.52. The Morgan fingerprint density at radius 3 is 2.45 bits per heavy atom. The summed E-state index contributed by atoms with van der Waals surface area (Å²) in [7, 11) is 0. The Kier molecular flexibility index (Phi) is 5.55. The molecule has 0 aliphatic rings. The van der Waals surface area contributed by atoms with Crippen molar-refractivity contribution in [3.63, 3.8) is 0 Å². The Hall–Kier alpha value is -2.04. The Labute approximate surface area is 119 Å². The maximum atomic E-state index is 12.3. The lowest BCUT2D eigenvalue weighted by Crippen LogP contribution is -2.38. The van der Waals surface area contributed by atoms with Crippen LogP contribution in [0.15, 0.2) is 29.4 Å². The van der Waals surface area contributed by atoms with Gasteiger partial charge in [0.15, 0.2) is 5.84 Å². The van der Waals surface area contributed by atoms with Crippen molar-refractivity contribution < 1.29 is 10.0 Å². The van der Waals surface area contributed by atoms with Crippen molar-refractivity contribution in [2.24, 2.45) is 22.7 Å². The van der Waals surface area contributed by atoms with E-state index < -0.39 is 5.92 Å². The van der Waals surface area contributed by atoms with Crippen molar-refractivity contribution in [3.8, 4) is 0 Å². The molecule has 0 saturated heterocycles. The molecule has 0 aliphatic heterocycles. The number of nitrogens with one attached hydrogen (secondary N) is 1. The first-order valence-corrected chi connectivity index (χ1v) is 6.75. The van der Waals surface area contributed by atoms with E-state index in [0.717, 1.165) is 11.3 Å². The Morgan fingerprint density at radius 2 is 1.95 bits per heavy atom. The van der Waals surface area contributed by atoms with Gasteiger partial charge in [0.2, 0.25) is 5.91 Å². The average molecular weight is 277 g/mol. The average Bonchev–Trinajstić information content (AvgIpc) is 2.38. The Bertz CT molecular complexity index is 496. The van der Waals surface area contributed by atoms with E-state index in [0.29, 0.717) is 5.92 Å². The molecule has 0 saturated carbocycles. The number of nitrogens with two attached hydrogens (primary N) is 1. The molecule has 0 spiro atoms. The summed E-state index contributed by atoms with van der Waals surface area (Å²) in [5.41, 5.74) is 7.46. The van der Waals surface area contributed by atoms with Gasteiger partial charge in [0, 0.05) is 5.69 Å². The van der Waals surface area contributed by atoms with Crippen LogP contribution in [0.5, 0.6) is 0 Å². The number of carbonyl (C=O) groups is 1. The number of hydrogen-bond donors (Lipinski definition) is 3. The van der Waals surface area contributed by atoms with Gasteiger partial charge >= 0.3 is 0 Å². The molecule has 1 atom stereocenters. The van der Waals surface area contributed by atoms with Gasteiger partial charge in [-0.15, -0.1) is 0 Å². The highest BCUT2D eigenvalue weighted by molar-refractivity contribution is 6.07. The molecule has 1 amide bonds. The number of amidine groups is 1. The Balaban J connectivity index is 2.91. The fourth-order valence-electron chi connectivity index (χ4n) is 2.04. The molecule has 0 bridgehead atoms. The molecule has 20 heavy (non-hydrogen) atoms.